The summed E-state index contributed by atoms with van der Waals surface area (Å²) in [4.78, 5) is 7.66. The van der Waals surface area contributed by atoms with Crippen molar-refractivity contribution in [1.29, 1.82) is 0 Å². The first kappa shape index (κ1) is 12.1. The molecule has 0 aliphatic carbocycles. The predicted octanol–water partition coefficient (Wildman–Crippen LogP) is 4.01. The molecular weight excluding hydrogens is 254 g/mol. The molecule has 2 heterocycles. The Labute approximate surface area is 116 Å². The number of H-pyrrole nitrogens is 1. The molecule has 19 heavy (non-hydrogen) atoms. The molecule has 0 spiro atoms. The van der Waals surface area contributed by atoms with E-state index in [0.29, 0.717) is 4.77 Å². The summed E-state index contributed by atoms with van der Waals surface area (Å²) < 4.78 is 2.79. The van der Waals surface area contributed by atoms with Gasteiger partial charge < -0.3 is 4.98 Å². The van der Waals surface area contributed by atoms with Crippen molar-refractivity contribution in [2.24, 2.45) is 0 Å². The van der Waals surface area contributed by atoms with Crippen molar-refractivity contribution in [1.82, 2.24) is 14.5 Å². The summed E-state index contributed by atoms with van der Waals surface area (Å²) >= 11 is 5.44. The number of hydrogen-bond acceptors (Lipinski definition) is 2. The Hall–Kier alpha value is -1.94. The van der Waals surface area contributed by atoms with E-state index in [9.17, 15) is 0 Å². The van der Waals surface area contributed by atoms with E-state index in [0.717, 1.165) is 11.2 Å². The molecule has 0 saturated carbocycles. The van der Waals surface area contributed by atoms with Gasteiger partial charge in [0, 0.05) is 6.20 Å². The molecule has 4 heteroatoms. The molecule has 3 rings (SSSR count). The van der Waals surface area contributed by atoms with Crippen molar-refractivity contribution in [2.75, 3.05) is 0 Å². The Morgan fingerprint density at radius 2 is 2.00 bits per heavy atom. The van der Waals surface area contributed by atoms with Crippen molar-refractivity contribution in [3.8, 4) is 0 Å². The van der Waals surface area contributed by atoms with Gasteiger partial charge in [-0.15, -0.1) is 0 Å². The molecule has 0 radical (unpaired) electrons. The summed E-state index contributed by atoms with van der Waals surface area (Å²) in [5.74, 6) is 0. The van der Waals surface area contributed by atoms with E-state index in [2.05, 4.69) is 52.6 Å². The van der Waals surface area contributed by atoms with Gasteiger partial charge in [0.1, 0.15) is 0 Å². The second-order valence-corrected chi connectivity index (χ2v) is 5.09. The Kier molecular flexibility index (Phi) is 2.95. The number of aryl methyl sites for hydroxylation is 1. The average Bonchev–Trinajstić information content (AvgIpc) is 2.74. The minimum atomic E-state index is 0.164. The van der Waals surface area contributed by atoms with Gasteiger partial charge in [0.25, 0.3) is 0 Å². The predicted molar refractivity (Wildman–Crippen MR) is 79.9 cm³/mol. The number of nitrogens with one attached hydrogen (secondary N) is 1. The third-order valence-electron chi connectivity index (χ3n) is 3.50. The van der Waals surface area contributed by atoms with Gasteiger partial charge in [0.2, 0.25) is 0 Å². The van der Waals surface area contributed by atoms with Gasteiger partial charge in [-0.2, -0.15) is 0 Å². The van der Waals surface area contributed by atoms with E-state index in [1.54, 1.807) is 6.20 Å². The van der Waals surface area contributed by atoms with Crippen LogP contribution in [0.4, 0.5) is 0 Å². The zero-order valence-corrected chi connectivity index (χ0v) is 11.7. The third-order valence-corrected chi connectivity index (χ3v) is 3.80. The lowest BCUT2D eigenvalue weighted by Gasteiger charge is -2.16. The summed E-state index contributed by atoms with van der Waals surface area (Å²) in [5, 5.41) is 0. The van der Waals surface area contributed by atoms with Crippen molar-refractivity contribution in [3.05, 3.63) is 58.5 Å². The van der Waals surface area contributed by atoms with Crippen LogP contribution in [0.3, 0.4) is 0 Å². The zero-order chi connectivity index (χ0) is 13.4. The van der Waals surface area contributed by atoms with E-state index in [4.69, 9.17) is 12.2 Å². The van der Waals surface area contributed by atoms with E-state index in [1.807, 2.05) is 12.1 Å². The molecule has 3 aromatic rings. The van der Waals surface area contributed by atoms with E-state index in [1.165, 1.54) is 11.1 Å². The largest absolute Gasteiger partial charge is 0.329 e. The molecule has 2 aromatic heterocycles. The molecule has 0 amide bonds. The molecule has 1 atom stereocenters. The van der Waals surface area contributed by atoms with E-state index >= 15 is 0 Å². The molecule has 0 aliphatic heterocycles. The highest BCUT2D eigenvalue weighted by Gasteiger charge is 2.14. The minimum absolute atomic E-state index is 0.164. The van der Waals surface area contributed by atoms with Gasteiger partial charge in [-0.25, -0.2) is 4.98 Å². The second-order valence-electron chi connectivity index (χ2n) is 4.71. The number of nitrogens with zero attached hydrogens (tertiary/aromatic N) is 2. The topological polar surface area (TPSA) is 33.6 Å². The number of imidazole rings is 1. The third kappa shape index (κ3) is 1.98. The fourth-order valence-corrected chi connectivity index (χ4v) is 2.87. The van der Waals surface area contributed by atoms with Crippen LogP contribution in [0, 0.1) is 11.7 Å². The number of pyridine rings is 1. The molecule has 1 unspecified atom stereocenters. The van der Waals surface area contributed by atoms with Gasteiger partial charge in [0.15, 0.2) is 10.4 Å². The van der Waals surface area contributed by atoms with Gasteiger partial charge in [0.05, 0.1) is 11.6 Å². The van der Waals surface area contributed by atoms with Crippen LogP contribution in [-0.4, -0.2) is 14.5 Å². The summed E-state index contributed by atoms with van der Waals surface area (Å²) in [6.45, 7) is 4.28. The minimum Gasteiger partial charge on any atom is -0.329 e. The highest BCUT2D eigenvalue weighted by Crippen LogP contribution is 2.25. The van der Waals surface area contributed by atoms with Gasteiger partial charge in [-0.3, -0.25) is 4.57 Å². The molecule has 96 valence electrons. The first-order chi connectivity index (χ1) is 9.18. The van der Waals surface area contributed by atoms with E-state index < -0.39 is 0 Å². The number of benzene rings is 1. The Morgan fingerprint density at radius 3 is 2.79 bits per heavy atom. The lowest BCUT2D eigenvalue weighted by molar-refractivity contribution is 0.640. The highest BCUT2D eigenvalue weighted by atomic mass is 32.1. The molecule has 0 fully saturated rings. The van der Waals surface area contributed by atoms with Crippen LogP contribution in [0.15, 0.2) is 42.6 Å². The average molecular weight is 269 g/mol. The monoisotopic (exact) mass is 269 g/mol. The van der Waals surface area contributed by atoms with Crippen LogP contribution in [0.2, 0.25) is 0 Å². The smallest absolute Gasteiger partial charge is 0.179 e. The van der Waals surface area contributed by atoms with Crippen LogP contribution < -0.4 is 0 Å². The number of hydrogen-bond donors (Lipinski definition) is 1. The summed E-state index contributed by atoms with van der Waals surface area (Å²) in [5.41, 5.74) is 4.42. The van der Waals surface area contributed by atoms with Crippen LogP contribution in [-0.2, 0) is 0 Å². The number of fused-ring (bicyclic) bond motifs is 1. The fourth-order valence-electron chi connectivity index (χ4n) is 2.51. The van der Waals surface area contributed by atoms with Crippen molar-refractivity contribution < 1.29 is 0 Å². The molecule has 1 N–H and O–H groups in total. The van der Waals surface area contributed by atoms with Gasteiger partial charge in [-0.1, -0.05) is 24.3 Å². The lowest BCUT2D eigenvalue weighted by atomic mass is 10.0. The first-order valence-corrected chi connectivity index (χ1v) is 6.70. The maximum absolute atomic E-state index is 5.44. The van der Waals surface area contributed by atoms with E-state index in [-0.39, 0.29) is 6.04 Å². The molecule has 1 aromatic carbocycles. The van der Waals surface area contributed by atoms with Crippen molar-refractivity contribution in [3.63, 3.8) is 0 Å². The van der Waals surface area contributed by atoms with Gasteiger partial charge >= 0.3 is 0 Å². The SMILES string of the molecule is Cc1ccccc1C(C)n1c(=S)[nH]c2cccnc21. The first-order valence-electron chi connectivity index (χ1n) is 6.29. The Bertz CT molecular complexity index is 785. The maximum Gasteiger partial charge on any atom is 0.179 e. The summed E-state index contributed by atoms with van der Waals surface area (Å²) in [6, 6.07) is 12.5. The molecule has 0 bridgehead atoms. The Balaban J connectivity index is 2.22. The molecular formula is C15H15N3S. The van der Waals surface area contributed by atoms with Crippen molar-refractivity contribution >= 4 is 23.4 Å². The molecule has 3 nitrogen and oxygen atoms in total. The van der Waals surface area contributed by atoms with Crippen LogP contribution in [0.25, 0.3) is 11.2 Å². The van der Waals surface area contributed by atoms with Crippen LogP contribution in [0.1, 0.15) is 24.1 Å². The number of aromatic amines is 1. The maximum atomic E-state index is 5.44. The van der Waals surface area contributed by atoms with Crippen LogP contribution >= 0.6 is 12.2 Å². The Morgan fingerprint density at radius 1 is 1.21 bits per heavy atom. The van der Waals surface area contributed by atoms with Crippen LogP contribution in [0.5, 0.6) is 0 Å². The number of rotatable bonds is 2. The highest BCUT2D eigenvalue weighted by molar-refractivity contribution is 7.71. The quantitative estimate of drug-likeness (QED) is 0.713. The van der Waals surface area contributed by atoms with Gasteiger partial charge in [-0.05, 0) is 49.3 Å². The normalized spacial score (nSPS) is 12.7. The zero-order valence-electron chi connectivity index (χ0n) is 10.9. The van der Waals surface area contributed by atoms with Crippen molar-refractivity contribution in [2.45, 2.75) is 19.9 Å². The summed E-state index contributed by atoms with van der Waals surface area (Å²) in [6.07, 6.45) is 1.80. The number of aromatic nitrogens is 3. The second kappa shape index (κ2) is 4.63. The standard InChI is InChI=1S/C15H15N3S/c1-10-6-3-4-7-12(10)11(2)18-14-13(17-15(18)19)8-5-9-16-14/h3-9,11H,1-2H3,(H,17,19). The molecule has 0 aliphatic rings. The lowest BCUT2D eigenvalue weighted by Crippen LogP contribution is -2.08. The molecule has 0 saturated heterocycles. The summed E-state index contributed by atoms with van der Waals surface area (Å²) in [7, 11) is 0. The fraction of sp³-hybridized carbons (Fsp3) is 0.200.